The average Bonchev–Trinajstić information content (AvgIpc) is 3.18. The van der Waals surface area contributed by atoms with Crippen LogP contribution in [0.15, 0.2) is 23.3 Å². The van der Waals surface area contributed by atoms with Crippen molar-refractivity contribution < 1.29 is 19.4 Å². The normalized spacial score (nSPS) is 32.4. The van der Waals surface area contributed by atoms with Gasteiger partial charge in [0, 0.05) is 12.6 Å². The summed E-state index contributed by atoms with van der Waals surface area (Å²) in [6.07, 6.45) is -1.71. The summed E-state index contributed by atoms with van der Waals surface area (Å²) in [5, 5.41) is 25.8. The van der Waals surface area contributed by atoms with Gasteiger partial charge in [-0.25, -0.2) is 5.01 Å². The third kappa shape index (κ3) is 2.51. The minimum absolute atomic E-state index is 0.0163. The highest BCUT2D eigenvalue weighted by Crippen LogP contribution is 2.61. The lowest BCUT2D eigenvalue weighted by Crippen LogP contribution is -2.50. The summed E-state index contributed by atoms with van der Waals surface area (Å²) in [4.78, 5) is 12.3. The van der Waals surface area contributed by atoms with Crippen LogP contribution < -0.4 is 4.74 Å². The van der Waals surface area contributed by atoms with E-state index in [0.717, 1.165) is 0 Å². The summed E-state index contributed by atoms with van der Waals surface area (Å²) in [7, 11) is 1.61. The first kappa shape index (κ1) is 17.8. The fourth-order valence-electron chi connectivity index (χ4n) is 4.19. The van der Waals surface area contributed by atoms with Crippen molar-refractivity contribution >= 4 is 11.8 Å². The van der Waals surface area contributed by atoms with Gasteiger partial charge in [-0.3, -0.25) is 4.79 Å². The van der Waals surface area contributed by atoms with E-state index < -0.39 is 17.8 Å². The number of carbonyl (C=O) groups excluding carboxylic acids is 1. The number of rotatable bonds is 1. The molecule has 0 spiro atoms. The first-order chi connectivity index (χ1) is 12.6. The van der Waals surface area contributed by atoms with Crippen molar-refractivity contribution in [2.45, 2.75) is 45.5 Å². The van der Waals surface area contributed by atoms with Gasteiger partial charge < -0.3 is 14.6 Å². The van der Waals surface area contributed by atoms with E-state index in [2.05, 4.69) is 11.2 Å². The topological polar surface area (TPSA) is 95.2 Å². The largest absolute Gasteiger partial charge is 0.485 e. The Morgan fingerprint density at radius 1 is 1.30 bits per heavy atom. The Bertz CT molecular complexity index is 899. The molecule has 0 bridgehead atoms. The van der Waals surface area contributed by atoms with Gasteiger partial charge >= 0.3 is 0 Å². The maximum absolute atomic E-state index is 12.3. The summed E-state index contributed by atoms with van der Waals surface area (Å²) >= 11 is 0. The van der Waals surface area contributed by atoms with E-state index in [9.17, 15) is 15.2 Å². The molecule has 27 heavy (non-hydrogen) atoms. The molecule has 1 N–H and O–H groups in total. The van der Waals surface area contributed by atoms with Gasteiger partial charge in [-0.2, -0.15) is 5.26 Å². The van der Waals surface area contributed by atoms with Gasteiger partial charge in [-0.1, -0.05) is 13.8 Å². The third-order valence-electron chi connectivity index (χ3n) is 5.99. The van der Waals surface area contributed by atoms with Crippen LogP contribution >= 0.6 is 0 Å². The zero-order valence-electron chi connectivity index (χ0n) is 16.1. The Balaban J connectivity index is 1.74. The summed E-state index contributed by atoms with van der Waals surface area (Å²) in [5.74, 6) is 0.730. The lowest BCUT2D eigenvalue weighted by atomic mass is 9.87. The van der Waals surface area contributed by atoms with Gasteiger partial charge in [0.1, 0.15) is 17.5 Å². The van der Waals surface area contributed by atoms with Crippen molar-refractivity contribution in [3.05, 3.63) is 29.3 Å². The molecule has 2 aliphatic heterocycles. The quantitative estimate of drug-likeness (QED) is 0.819. The molecule has 1 aliphatic carbocycles. The lowest BCUT2D eigenvalue weighted by molar-refractivity contribution is -0.133. The number of ether oxygens (including phenoxy) is 2. The first-order valence-corrected chi connectivity index (χ1v) is 9.02. The number of amides is 1. The van der Waals surface area contributed by atoms with Crippen LogP contribution in [0.2, 0.25) is 0 Å². The van der Waals surface area contributed by atoms with Crippen LogP contribution in [-0.2, 0) is 9.53 Å². The second kappa shape index (κ2) is 5.46. The van der Waals surface area contributed by atoms with Crippen LogP contribution in [0.3, 0.4) is 0 Å². The SMILES string of the molecule is CN1N=C(O[C@@H]2c3cc(C#N)ccc3OC(C)(C)[C@H]2O)[C@@H]2[C@H](C1=O)C2(C)C. The maximum atomic E-state index is 12.3. The fraction of sp³-hybridized carbons (Fsp3) is 0.550. The molecule has 142 valence electrons. The number of benzene rings is 1. The number of hydrazone groups is 1. The molecule has 7 heteroatoms. The van der Waals surface area contributed by atoms with Gasteiger partial charge in [0.2, 0.25) is 11.8 Å². The molecule has 1 aromatic carbocycles. The standard InChI is InChI=1S/C20H23N3O4/c1-19(2)13-14(19)18(25)23(5)22-17(13)26-15-11-8-10(9-21)6-7-12(11)27-20(3,4)16(15)24/h6-8,13-16,24H,1-5H3/t13-,14+,15+,16-/m0/s1. The zero-order chi connectivity index (χ0) is 19.7. The van der Waals surface area contributed by atoms with Crippen molar-refractivity contribution in [3.63, 3.8) is 0 Å². The van der Waals surface area contributed by atoms with Gasteiger partial charge in [0.25, 0.3) is 0 Å². The van der Waals surface area contributed by atoms with E-state index in [4.69, 9.17) is 9.47 Å². The van der Waals surface area contributed by atoms with E-state index >= 15 is 0 Å². The van der Waals surface area contributed by atoms with E-state index in [-0.39, 0.29) is 23.2 Å². The number of nitrogens with zero attached hydrogens (tertiary/aromatic N) is 3. The molecule has 1 aromatic rings. The van der Waals surface area contributed by atoms with E-state index in [1.807, 2.05) is 13.8 Å². The van der Waals surface area contributed by atoms with Crippen molar-refractivity contribution in [1.82, 2.24) is 5.01 Å². The van der Waals surface area contributed by atoms with Crippen LogP contribution in [0.25, 0.3) is 0 Å². The Labute approximate surface area is 158 Å². The lowest BCUT2D eigenvalue weighted by Gasteiger charge is -2.42. The summed E-state index contributed by atoms with van der Waals surface area (Å²) in [6, 6.07) is 7.17. The summed E-state index contributed by atoms with van der Waals surface area (Å²) < 4.78 is 12.2. The predicted molar refractivity (Wildman–Crippen MR) is 96.7 cm³/mol. The molecule has 4 atom stereocenters. The Hall–Kier alpha value is -2.59. The molecule has 0 unspecified atom stereocenters. The molecule has 4 rings (SSSR count). The van der Waals surface area contributed by atoms with E-state index in [1.54, 1.807) is 39.1 Å². The highest BCUT2D eigenvalue weighted by atomic mass is 16.5. The molecule has 1 fully saturated rings. The monoisotopic (exact) mass is 369 g/mol. The average molecular weight is 369 g/mol. The number of aliphatic hydroxyl groups excluding tert-OH is 1. The highest BCUT2D eigenvalue weighted by molar-refractivity contribution is 5.98. The van der Waals surface area contributed by atoms with Crippen molar-refractivity contribution in [2.24, 2.45) is 22.4 Å². The molecular weight excluding hydrogens is 346 g/mol. The predicted octanol–water partition coefficient (Wildman–Crippen LogP) is 2.21. The molecule has 0 radical (unpaired) electrons. The van der Waals surface area contributed by atoms with Crippen LogP contribution in [0, 0.1) is 28.6 Å². The number of nitriles is 1. The minimum atomic E-state index is -0.968. The number of aliphatic hydroxyl groups is 1. The van der Waals surface area contributed by atoms with Crippen molar-refractivity contribution in [1.29, 1.82) is 5.26 Å². The number of hydrogen-bond acceptors (Lipinski definition) is 6. The third-order valence-corrected chi connectivity index (χ3v) is 5.99. The Morgan fingerprint density at radius 2 is 2.00 bits per heavy atom. The second-order valence-corrected chi connectivity index (χ2v) is 8.63. The first-order valence-electron chi connectivity index (χ1n) is 9.02. The molecular formula is C20H23N3O4. The van der Waals surface area contributed by atoms with Gasteiger partial charge in [-0.05, 0) is 37.5 Å². The van der Waals surface area contributed by atoms with E-state index in [0.29, 0.717) is 22.8 Å². The highest BCUT2D eigenvalue weighted by Gasteiger charge is 2.68. The van der Waals surface area contributed by atoms with Crippen LogP contribution in [0.4, 0.5) is 0 Å². The number of hydrogen-bond donors (Lipinski definition) is 1. The van der Waals surface area contributed by atoms with Crippen molar-refractivity contribution in [3.8, 4) is 11.8 Å². The molecule has 7 nitrogen and oxygen atoms in total. The fourth-order valence-corrected chi connectivity index (χ4v) is 4.19. The molecule has 0 aromatic heterocycles. The molecule has 1 saturated carbocycles. The Morgan fingerprint density at radius 3 is 2.67 bits per heavy atom. The van der Waals surface area contributed by atoms with Crippen LogP contribution in [0.5, 0.6) is 5.75 Å². The summed E-state index contributed by atoms with van der Waals surface area (Å²) in [5.41, 5.74) is -0.0382. The van der Waals surface area contributed by atoms with Crippen molar-refractivity contribution in [2.75, 3.05) is 7.05 Å². The van der Waals surface area contributed by atoms with Gasteiger partial charge in [-0.15, -0.1) is 5.10 Å². The zero-order valence-corrected chi connectivity index (χ0v) is 16.1. The number of carbonyl (C=O) groups is 1. The van der Waals surface area contributed by atoms with Gasteiger partial charge in [0.15, 0.2) is 6.10 Å². The van der Waals surface area contributed by atoms with E-state index in [1.165, 1.54) is 5.01 Å². The molecule has 1 amide bonds. The van der Waals surface area contributed by atoms with Crippen LogP contribution in [-0.4, -0.2) is 40.7 Å². The molecule has 2 heterocycles. The van der Waals surface area contributed by atoms with Gasteiger partial charge in [0.05, 0.1) is 23.5 Å². The van der Waals surface area contributed by atoms with Crippen LogP contribution in [0.1, 0.15) is 44.9 Å². The Kier molecular flexibility index (Phi) is 3.60. The molecule has 0 saturated heterocycles. The molecule has 3 aliphatic rings. The maximum Gasteiger partial charge on any atom is 0.246 e. The second-order valence-electron chi connectivity index (χ2n) is 8.63. The minimum Gasteiger partial charge on any atom is -0.485 e. The number of fused-ring (bicyclic) bond motifs is 2. The smallest absolute Gasteiger partial charge is 0.246 e. The summed E-state index contributed by atoms with van der Waals surface area (Å²) in [6.45, 7) is 7.61.